The third-order valence-corrected chi connectivity index (χ3v) is 3.91. The fraction of sp³-hybridized carbons (Fsp3) is 0.412. The summed E-state index contributed by atoms with van der Waals surface area (Å²) >= 11 is 0. The molecule has 0 saturated heterocycles. The predicted octanol–water partition coefficient (Wildman–Crippen LogP) is 2.26. The summed E-state index contributed by atoms with van der Waals surface area (Å²) in [7, 11) is 0. The van der Waals surface area contributed by atoms with E-state index in [1.807, 2.05) is 6.92 Å². The third kappa shape index (κ3) is 4.14. The Bertz CT molecular complexity index is 818. The molecule has 0 spiro atoms. The van der Waals surface area contributed by atoms with E-state index < -0.39 is 5.97 Å². The van der Waals surface area contributed by atoms with Crippen LogP contribution < -0.4 is 5.32 Å². The van der Waals surface area contributed by atoms with E-state index >= 15 is 0 Å². The Hall–Kier alpha value is -2.90. The molecule has 0 aliphatic carbocycles. The Balaban J connectivity index is 1.97. The van der Waals surface area contributed by atoms with Crippen LogP contribution in [-0.4, -0.2) is 32.5 Å². The zero-order valence-corrected chi connectivity index (χ0v) is 14.6. The van der Waals surface area contributed by atoms with Gasteiger partial charge in [0.15, 0.2) is 5.78 Å². The molecular weight excluding hydrogens is 326 g/mol. The van der Waals surface area contributed by atoms with E-state index in [0.717, 1.165) is 5.69 Å². The average Bonchev–Trinajstić information content (AvgIpc) is 3.09. The van der Waals surface area contributed by atoms with Crippen molar-refractivity contribution < 1.29 is 23.9 Å². The number of amides is 1. The molecule has 8 nitrogen and oxygen atoms in total. The Labute approximate surface area is 144 Å². The first-order valence-corrected chi connectivity index (χ1v) is 7.86. The van der Waals surface area contributed by atoms with Gasteiger partial charge < -0.3 is 14.8 Å². The number of hydrogen-bond acceptors (Lipinski definition) is 5. The molecule has 1 atom stereocenters. The standard InChI is InChI=1S/C17H21N3O5/c1-9(20-11(3)16(12(4)21)10(2)19-20)7-15(22)18-8-13-5-6-14(25-13)17(23)24/h5-6,9H,7-8H2,1-4H3,(H,18,22)(H,23,24)/t9-/m1/s1. The first-order valence-electron chi connectivity index (χ1n) is 7.86. The zero-order valence-electron chi connectivity index (χ0n) is 14.6. The molecule has 0 saturated carbocycles. The van der Waals surface area contributed by atoms with Crippen LogP contribution in [0.1, 0.15) is 64.4 Å². The van der Waals surface area contributed by atoms with Crippen LogP contribution in [-0.2, 0) is 11.3 Å². The summed E-state index contributed by atoms with van der Waals surface area (Å²) < 4.78 is 6.76. The lowest BCUT2D eigenvalue weighted by atomic mass is 10.1. The molecule has 0 aliphatic rings. The maximum Gasteiger partial charge on any atom is 0.371 e. The third-order valence-electron chi connectivity index (χ3n) is 3.91. The second-order valence-electron chi connectivity index (χ2n) is 5.95. The molecular formula is C17H21N3O5. The van der Waals surface area contributed by atoms with Crippen LogP contribution in [0.2, 0.25) is 0 Å². The average molecular weight is 347 g/mol. The van der Waals surface area contributed by atoms with Crippen LogP contribution in [0.3, 0.4) is 0 Å². The minimum Gasteiger partial charge on any atom is -0.475 e. The molecule has 2 heterocycles. The minimum atomic E-state index is -1.16. The molecule has 2 aromatic rings. The van der Waals surface area contributed by atoms with Crippen LogP contribution >= 0.6 is 0 Å². The largest absolute Gasteiger partial charge is 0.475 e. The first kappa shape index (κ1) is 18.4. The van der Waals surface area contributed by atoms with Crippen LogP contribution in [0.15, 0.2) is 16.5 Å². The molecule has 0 fully saturated rings. The number of carboxylic acids is 1. The highest BCUT2D eigenvalue weighted by atomic mass is 16.4. The molecule has 25 heavy (non-hydrogen) atoms. The van der Waals surface area contributed by atoms with Crippen LogP contribution in [0, 0.1) is 13.8 Å². The van der Waals surface area contributed by atoms with Gasteiger partial charge in [-0.05, 0) is 39.8 Å². The number of aryl methyl sites for hydroxylation is 1. The number of rotatable bonds is 7. The van der Waals surface area contributed by atoms with E-state index in [9.17, 15) is 14.4 Å². The molecule has 0 radical (unpaired) electrons. The molecule has 0 unspecified atom stereocenters. The molecule has 2 aromatic heterocycles. The molecule has 0 bridgehead atoms. The molecule has 0 aliphatic heterocycles. The van der Waals surface area contributed by atoms with Crippen LogP contribution in [0.4, 0.5) is 0 Å². The van der Waals surface area contributed by atoms with E-state index in [0.29, 0.717) is 17.0 Å². The summed E-state index contributed by atoms with van der Waals surface area (Å²) in [5.74, 6) is -1.24. The van der Waals surface area contributed by atoms with Crippen molar-refractivity contribution in [3.63, 3.8) is 0 Å². The maximum atomic E-state index is 12.1. The van der Waals surface area contributed by atoms with E-state index in [4.69, 9.17) is 9.52 Å². The molecule has 2 rings (SSSR count). The van der Waals surface area contributed by atoms with Gasteiger partial charge in [-0.15, -0.1) is 0 Å². The summed E-state index contributed by atoms with van der Waals surface area (Å²) in [5, 5.41) is 15.8. The number of nitrogens with one attached hydrogen (secondary N) is 1. The van der Waals surface area contributed by atoms with Gasteiger partial charge in [-0.1, -0.05) is 0 Å². The summed E-state index contributed by atoms with van der Waals surface area (Å²) in [4.78, 5) is 34.5. The normalized spacial score (nSPS) is 12.0. The van der Waals surface area contributed by atoms with E-state index in [1.54, 1.807) is 18.5 Å². The van der Waals surface area contributed by atoms with E-state index in [-0.39, 0.29) is 36.5 Å². The van der Waals surface area contributed by atoms with Crippen molar-refractivity contribution in [3.05, 3.63) is 40.6 Å². The Morgan fingerprint density at radius 2 is 2.00 bits per heavy atom. The number of aromatic nitrogens is 2. The van der Waals surface area contributed by atoms with Crippen molar-refractivity contribution in [1.82, 2.24) is 15.1 Å². The lowest BCUT2D eigenvalue weighted by Crippen LogP contribution is -2.26. The molecule has 134 valence electrons. The van der Waals surface area contributed by atoms with Gasteiger partial charge in [-0.2, -0.15) is 5.10 Å². The lowest BCUT2D eigenvalue weighted by molar-refractivity contribution is -0.122. The van der Waals surface area contributed by atoms with Gasteiger partial charge in [0.25, 0.3) is 0 Å². The summed E-state index contributed by atoms with van der Waals surface area (Å²) in [6.45, 7) is 7.02. The van der Waals surface area contributed by atoms with Crippen molar-refractivity contribution in [2.75, 3.05) is 0 Å². The lowest BCUT2D eigenvalue weighted by Gasteiger charge is -2.14. The predicted molar refractivity (Wildman–Crippen MR) is 88.5 cm³/mol. The second-order valence-corrected chi connectivity index (χ2v) is 5.95. The highest BCUT2D eigenvalue weighted by molar-refractivity contribution is 5.96. The Morgan fingerprint density at radius 1 is 1.32 bits per heavy atom. The number of furan rings is 1. The number of ketones is 1. The van der Waals surface area contributed by atoms with Gasteiger partial charge in [0, 0.05) is 12.1 Å². The smallest absolute Gasteiger partial charge is 0.371 e. The SMILES string of the molecule is CC(=O)c1c(C)nn([C@H](C)CC(=O)NCc2ccc(C(=O)O)o2)c1C. The molecule has 1 amide bonds. The number of nitrogens with zero attached hydrogens (tertiary/aromatic N) is 2. The van der Waals surface area contributed by atoms with Crippen molar-refractivity contribution >= 4 is 17.7 Å². The molecule has 0 aromatic carbocycles. The molecule has 2 N–H and O–H groups in total. The Morgan fingerprint density at radius 3 is 2.52 bits per heavy atom. The van der Waals surface area contributed by atoms with Crippen LogP contribution in [0.5, 0.6) is 0 Å². The topological polar surface area (TPSA) is 114 Å². The number of hydrogen-bond donors (Lipinski definition) is 2. The zero-order chi connectivity index (χ0) is 18.7. The fourth-order valence-electron chi connectivity index (χ4n) is 2.80. The highest BCUT2D eigenvalue weighted by Crippen LogP contribution is 2.20. The number of carboxylic acid groups (broad SMARTS) is 1. The van der Waals surface area contributed by atoms with Gasteiger partial charge in [-0.25, -0.2) is 4.79 Å². The summed E-state index contributed by atoms with van der Waals surface area (Å²) in [6.07, 6.45) is 0.172. The first-order chi connectivity index (χ1) is 11.7. The fourth-order valence-corrected chi connectivity index (χ4v) is 2.80. The van der Waals surface area contributed by atoms with Gasteiger partial charge in [0.05, 0.1) is 23.8 Å². The molecule has 8 heteroatoms. The van der Waals surface area contributed by atoms with Crippen molar-refractivity contribution in [2.45, 2.75) is 46.7 Å². The number of carbonyl (C=O) groups excluding carboxylic acids is 2. The minimum absolute atomic E-state index is 0.0510. The second kappa shape index (κ2) is 7.33. The van der Waals surface area contributed by atoms with Gasteiger partial charge >= 0.3 is 5.97 Å². The highest BCUT2D eigenvalue weighted by Gasteiger charge is 2.20. The van der Waals surface area contributed by atoms with Crippen molar-refractivity contribution in [3.8, 4) is 0 Å². The van der Waals surface area contributed by atoms with Gasteiger partial charge in [-0.3, -0.25) is 14.3 Å². The summed E-state index contributed by atoms with van der Waals surface area (Å²) in [6, 6.07) is 2.62. The number of carbonyl (C=O) groups is 3. The van der Waals surface area contributed by atoms with E-state index in [2.05, 4.69) is 10.4 Å². The number of Topliss-reactive ketones (excluding diaryl/α,β-unsaturated/α-hetero) is 1. The monoisotopic (exact) mass is 347 g/mol. The summed E-state index contributed by atoms with van der Waals surface area (Å²) in [5.41, 5.74) is 1.97. The maximum absolute atomic E-state index is 12.1. The van der Waals surface area contributed by atoms with Crippen LogP contribution in [0.25, 0.3) is 0 Å². The van der Waals surface area contributed by atoms with Gasteiger partial charge in [0.1, 0.15) is 5.76 Å². The van der Waals surface area contributed by atoms with Crippen molar-refractivity contribution in [2.24, 2.45) is 0 Å². The van der Waals surface area contributed by atoms with Gasteiger partial charge in [0.2, 0.25) is 11.7 Å². The number of aromatic carboxylic acids is 1. The van der Waals surface area contributed by atoms with Crippen molar-refractivity contribution in [1.29, 1.82) is 0 Å². The van der Waals surface area contributed by atoms with E-state index in [1.165, 1.54) is 19.1 Å². The quantitative estimate of drug-likeness (QED) is 0.743. The Kier molecular flexibility index (Phi) is 5.41.